The summed E-state index contributed by atoms with van der Waals surface area (Å²) in [7, 11) is 0. The minimum absolute atomic E-state index is 0.317. The van der Waals surface area contributed by atoms with Gasteiger partial charge in [0, 0.05) is 22.9 Å². The third-order valence-corrected chi connectivity index (χ3v) is 4.60. The van der Waals surface area contributed by atoms with Crippen LogP contribution in [0, 0.1) is 11.8 Å². The Morgan fingerprint density at radius 2 is 1.95 bits per heavy atom. The largest absolute Gasteiger partial charge is 0.298 e. The van der Waals surface area contributed by atoms with Crippen molar-refractivity contribution in [3.05, 3.63) is 52.7 Å². The molecule has 1 aliphatic heterocycles. The number of aldehydes is 1. The fourth-order valence-electron chi connectivity index (χ4n) is 3.48. The Morgan fingerprint density at radius 3 is 2.67 bits per heavy atom. The monoisotopic (exact) mass is 279 g/mol. The molecule has 0 spiro atoms. The van der Waals surface area contributed by atoms with E-state index in [1.807, 2.05) is 25.1 Å². The molecule has 2 nitrogen and oxygen atoms in total. The second kappa shape index (κ2) is 5.80. The highest BCUT2D eigenvalue weighted by molar-refractivity contribution is 6.00. The average Bonchev–Trinajstić information content (AvgIpc) is 2.50. The molecule has 2 aliphatic rings. The molecule has 3 rings (SSSR count). The first-order valence-electron chi connectivity index (χ1n) is 7.72. The smallest absolute Gasteiger partial charge is 0.152 e. The zero-order chi connectivity index (χ0) is 14.8. The molecule has 0 bridgehead atoms. The Labute approximate surface area is 126 Å². The van der Waals surface area contributed by atoms with E-state index < -0.39 is 0 Å². The molecule has 108 valence electrons. The molecule has 2 atom stereocenters. The van der Waals surface area contributed by atoms with Crippen molar-refractivity contribution in [1.82, 2.24) is 0 Å². The summed E-state index contributed by atoms with van der Waals surface area (Å²) in [5, 5.41) is 0. The zero-order valence-corrected chi connectivity index (χ0v) is 12.7. The van der Waals surface area contributed by atoms with Crippen molar-refractivity contribution in [2.24, 2.45) is 16.8 Å². The number of benzene rings is 1. The van der Waals surface area contributed by atoms with Crippen LogP contribution in [-0.2, 0) is 4.79 Å². The summed E-state index contributed by atoms with van der Waals surface area (Å²) in [6.07, 6.45) is 6.67. The van der Waals surface area contributed by atoms with Gasteiger partial charge in [-0.2, -0.15) is 0 Å². The molecule has 1 saturated carbocycles. The highest BCUT2D eigenvalue weighted by atomic mass is 16.1. The number of carbonyl (C=O) groups excluding carboxylic acids is 1. The molecule has 0 radical (unpaired) electrons. The van der Waals surface area contributed by atoms with E-state index in [4.69, 9.17) is 4.99 Å². The van der Waals surface area contributed by atoms with Crippen molar-refractivity contribution < 1.29 is 4.79 Å². The average molecular weight is 279 g/mol. The molecule has 2 heteroatoms. The maximum Gasteiger partial charge on any atom is 0.152 e. The summed E-state index contributed by atoms with van der Waals surface area (Å²) >= 11 is 0. The van der Waals surface area contributed by atoms with Crippen LogP contribution in [0.5, 0.6) is 0 Å². The first-order valence-corrected chi connectivity index (χ1v) is 7.72. The number of aliphatic imine (C=N–C) groups is 1. The minimum atomic E-state index is 0.317. The van der Waals surface area contributed by atoms with E-state index in [1.54, 1.807) is 0 Å². The molecule has 0 saturated heterocycles. The molecule has 1 fully saturated rings. The maximum absolute atomic E-state index is 11.6. The lowest BCUT2D eigenvalue weighted by atomic mass is 9.72. The number of nitrogens with zero attached hydrogens (tertiary/aromatic N) is 1. The van der Waals surface area contributed by atoms with Gasteiger partial charge in [-0.15, -0.1) is 0 Å². The molecule has 0 amide bonds. The van der Waals surface area contributed by atoms with Crippen LogP contribution in [-0.4, -0.2) is 12.0 Å². The van der Waals surface area contributed by atoms with Crippen molar-refractivity contribution in [3.63, 3.8) is 0 Å². The first-order chi connectivity index (χ1) is 10.2. The van der Waals surface area contributed by atoms with Gasteiger partial charge in [0.05, 0.1) is 0 Å². The van der Waals surface area contributed by atoms with Gasteiger partial charge in [-0.05, 0) is 36.8 Å². The van der Waals surface area contributed by atoms with Crippen molar-refractivity contribution in [3.8, 4) is 0 Å². The second-order valence-corrected chi connectivity index (χ2v) is 6.05. The van der Waals surface area contributed by atoms with Gasteiger partial charge in [-0.1, -0.05) is 49.8 Å². The molecule has 0 N–H and O–H groups in total. The summed E-state index contributed by atoms with van der Waals surface area (Å²) < 4.78 is 0. The summed E-state index contributed by atoms with van der Waals surface area (Å²) in [4.78, 5) is 16.3. The Morgan fingerprint density at radius 1 is 1.19 bits per heavy atom. The molecular weight excluding hydrogens is 258 g/mol. The van der Waals surface area contributed by atoms with Crippen LogP contribution in [0.3, 0.4) is 0 Å². The predicted octanol–water partition coefficient (Wildman–Crippen LogP) is 4.43. The summed E-state index contributed by atoms with van der Waals surface area (Å²) in [5.74, 6) is 0.837. The van der Waals surface area contributed by atoms with E-state index in [2.05, 4.69) is 25.1 Å². The quantitative estimate of drug-likeness (QED) is 0.736. The van der Waals surface area contributed by atoms with Crippen LogP contribution >= 0.6 is 0 Å². The third-order valence-electron chi connectivity index (χ3n) is 4.60. The summed E-state index contributed by atoms with van der Waals surface area (Å²) in [6.45, 7) is 4.21. The first kappa shape index (κ1) is 14.0. The third kappa shape index (κ3) is 2.63. The number of carbonyl (C=O) groups is 1. The highest BCUT2D eigenvalue weighted by Gasteiger charge is 2.33. The van der Waals surface area contributed by atoms with Crippen LogP contribution in [0.15, 0.2) is 52.2 Å². The number of fused-ring (bicyclic) bond motifs is 1. The number of rotatable bonds is 2. The van der Waals surface area contributed by atoms with Crippen molar-refractivity contribution >= 4 is 18.1 Å². The molecule has 1 aromatic rings. The molecule has 21 heavy (non-hydrogen) atoms. The lowest BCUT2D eigenvalue weighted by Gasteiger charge is -2.34. The maximum atomic E-state index is 11.6. The van der Waals surface area contributed by atoms with Crippen LogP contribution in [0.2, 0.25) is 0 Å². The van der Waals surface area contributed by atoms with Crippen LogP contribution in [0.4, 0.5) is 0 Å². The predicted molar refractivity (Wildman–Crippen MR) is 87.1 cm³/mol. The molecule has 1 heterocycles. The van der Waals surface area contributed by atoms with Gasteiger partial charge in [0.1, 0.15) is 0 Å². The van der Waals surface area contributed by atoms with Gasteiger partial charge in [0.2, 0.25) is 0 Å². The molecule has 1 aromatic carbocycles. The van der Waals surface area contributed by atoms with Crippen molar-refractivity contribution in [1.29, 1.82) is 0 Å². The van der Waals surface area contributed by atoms with Crippen LogP contribution in [0.25, 0.3) is 6.08 Å². The van der Waals surface area contributed by atoms with Gasteiger partial charge in [0.25, 0.3) is 0 Å². The molecule has 1 aliphatic carbocycles. The van der Waals surface area contributed by atoms with Gasteiger partial charge >= 0.3 is 0 Å². The lowest BCUT2D eigenvalue weighted by Crippen LogP contribution is -2.31. The minimum Gasteiger partial charge on any atom is -0.298 e. The fraction of sp³-hybridized carbons (Fsp3) is 0.368. The number of hydrogen-bond acceptors (Lipinski definition) is 2. The topological polar surface area (TPSA) is 29.4 Å². The van der Waals surface area contributed by atoms with Gasteiger partial charge < -0.3 is 0 Å². The van der Waals surface area contributed by atoms with Gasteiger partial charge in [-0.3, -0.25) is 9.79 Å². The number of hydrogen-bond donors (Lipinski definition) is 0. The summed E-state index contributed by atoms with van der Waals surface area (Å²) in [6, 6.07) is 10.3. The summed E-state index contributed by atoms with van der Waals surface area (Å²) in [5.41, 5.74) is 5.23. The molecular formula is C19H21NO. The van der Waals surface area contributed by atoms with Gasteiger partial charge in [-0.25, -0.2) is 0 Å². The normalized spacial score (nSPS) is 27.3. The fourth-order valence-corrected chi connectivity index (χ4v) is 3.48. The van der Waals surface area contributed by atoms with E-state index in [-0.39, 0.29) is 0 Å². The van der Waals surface area contributed by atoms with E-state index in [1.165, 1.54) is 18.6 Å². The van der Waals surface area contributed by atoms with Gasteiger partial charge in [0.15, 0.2) is 6.29 Å². The Bertz CT molecular complexity index is 637. The van der Waals surface area contributed by atoms with Crippen LogP contribution < -0.4 is 0 Å². The lowest BCUT2D eigenvalue weighted by molar-refractivity contribution is -0.104. The Kier molecular flexibility index (Phi) is 3.87. The molecule has 2 unspecified atom stereocenters. The van der Waals surface area contributed by atoms with E-state index >= 15 is 0 Å². The highest BCUT2D eigenvalue weighted by Crippen LogP contribution is 2.39. The van der Waals surface area contributed by atoms with E-state index in [9.17, 15) is 4.79 Å². The van der Waals surface area contributed by atoms with Crippen LogP contribution in [0.1, 0.15) is 38.7 Å². The Balaban J connectivity index is 2.11. The number of allylic oxidation sites excluding steroid dienone is 3. The Hall–Kier alpha value is -1.96. The van der Waals surface area contributed by atoms with Crippen molar-refractivity contribution in [2.45, 2.75) is 33.1 Å². The van der Waals surface area contributed by atoms with E-state index in [0.717, 1.165) is 35.1 Å². The zero-order valence-electron chi connectivity index (χ0n) is 12.7. The van der Waals surface area contributed by atoms with Crippen molar-refractivity contribution in [2.75, 3.05) is 0 Å². The van der Waals surface area contributed by atoms with E-state index in [0.29, 0.717) is 11.8 Å². The molecule has 0 aromatic heterocycles. The second-order valence-electron chi connectivity index (χ2n) is 6.05. The SMILES string of the molecule is CC1=C(C=O)C(=Cc2ccccc2)C2CCCC(C)C2=N1. The standard InChI is InChI=1S/C19H21NO/c1-13-7-6-10-16-17(11-15-8-4-3-5-9-15)18(12-21)14(2)20-19(13)16/h3-5,8-9,11-13,16H,6-7,10H2,1-2H3.